The molecule has 3 aromatic rings. The summed E-state index contributed by atoms with van der Waals surface area (Å²) in [5.41, 5.74) is 4.81. The third-order valence-corrected chi connectivity index (χ3v) is 6.25. The summed E-state index contributed by atoms with van der Waals surface area (Å²) < 4.78 is 5.59. The first-order valence-electron chi connectivity index (χ1n) is 12.2. The van der Waals surface area contributed by atoms with Gasteiger partial charge in [0.15, 0.2) is 6.61 Å². The molecule has 2 N–H and O–H groups in total. The highest BCUT2D eigenvalue weighted by atomic mass is 16.5. The van der Waals surface area contributed by atoms with Crippen LogP contribution in [0.1, 0.15) is 30.0 Å². The van der Waals surface area contributed by atoms with Crippen LogP contribution in [0, 0.1) is 12.8 Å². The van der Waals surface area contributed by atoms with E-state index in [0.29, 0.717) is 24.5 Å². The van der Waals surface area contributed by atoms with Gasteiger partial charge < -0.3 is 20.3 Å². The summed E-state index contributed by atoms with van der Waals surface area (Å²) in [5, 5.41) is 5.75. The molecular weight excluding hydrogens is 454 g/mol. The number of amides is 3. The molecule has 0 aliphatic carbocycles. The first kappa shape index (κ1) is 25.0. The van der Waals surface area contributed by atoms with Crippen molar-refractivity contribution < 1.29 is 19.1 Å². The minimum Gasteiger partial charge on any atom is -0.484 e. The second-order valence-corrected chi connectivity index (χ2v) is 8.99. The molecule has 7 heteroatoms. The van der Waals surface area contributed by atoms with Crippen molar-refractivity contribution in [2.45, 2.75) is 33.2 Å². The normalized spacial score (nSPS) is 15.0. The maximum absolute atomic E-state index is 12.6. The van der Waals surface area contributed by atoms with Crippen LogP contribution in [0.2, 0.25) is 0 Å². The van der Waals surface area contributed by atoms with Gasteiger partial charge in [-0.15, -0.1) is 0 Å². The first-order chi connectivity index (χ1) is 17.4. The Morgan fingerprint density at radius 3 is 2.28 bits per heavy atom. The number of hydrogen-bond acceptors (Lipinski definition) is 4. The number of rotatable bonds is 9. The lowest BCUT2D eigenvalue weighted by Crippen LogP contribution is -2.32. The van der Waals surface area contributed by atoms with E-state index in [1.807, 2.05) is 55.5 Å². The Bertz CT molecular complexity index is 1200. The van der Waals surface area contributed by atoms with Gasteiger partial charge in [-0.3, -0.25) is 14.4 Å². The van der Waals surface area contributed by atoms with Crippen molar-refractivity contribution in [3.63, 3.8) is 0 Å². The van der Waals surface area contributed by atoms with Gasteiger partial charge >= 0.3 is 0 Å². The fourth-order valence-corrected chi connectivity index (χ4v) is 4.06. The smallest absolute Gasteiger partial charge is 0.262 e. The number of benzene rings is 3. The summed E-state index contributed by atoms with van der Waals surface area (Å²) in [5.74, 6) is -0.338. The summed E-state index contributed by atoms with van der Waals surface area (Å²) in [4.78, 5) is 39.0. The van der Waals surface area contributed by atoms with Gasteiger partial charge in [0.2, 0.25) is 11.8 Å². The number of aryl methyl sites for hydroxylation is 2. The molecule has 0 spiro atoms. The Labute approximate surface area is 211 Å². The highest BCUT2D eigenvalue weighted by molar-refractivity contribution is 6.00. The van der Waals surface area contributed by atoms with Crippen molar-refractivity contribution in [1.82, 2.24) is 5.32 Å². The maximum atomic E-state index is 12.6. The fourth-order valence-electron chi connectivity index (χ4n) is 4.06. The number of carbonyl (C=O) groups excluding carboxylic acids is 3. The van der Waals surface area contributed by atoms with E-state index in [2.05, 4.69) is 17.6 Å². The molecule has 36 heavy (non-hydrogen) atoms. The molecule has 1 aliphatic rings. The van der Waals surface area contributed by atoms with Crippen LogP contribution in [0.4, 0.5) is 11.4 Å². The van der Waals surface area contributed by atoms with E-state index in [1.165, 1.54) is 11.1 Å². The number of ether oxygens (including phenoxy) is 1. The zero-order chi connectivity index (χ0) is 25.5. The number of nitrogens with zero attached hydrogens (tertiary/aromatic N) is 1. The van der Waals surface area contributed by atoms with Crippen LogP contribution >= 0.6 is 0 Å². The molecule has 0 radical (unpaired) electrons. The number of hydrogen-bond donors (Lipinski definition) is 2. The average Bonchev–Trinajstić information content (AvgIpc) is 3.29. The Hall–Kier alpha value is -4.13. The van der Waals surface area contributed by atoms with Crippen LogP contribution < -0.4 is 20.3 Å². The van der Waals surface area contributed by atoms with Crippen molar-refractivity contribution in [2.24, 2.45) is 5.92 Å². The largest absolute Gasteiger partial charge is 0.484 e. The molecule has 1 atom stereocenters. The molecule has 3 aromatic carbocycles. The zero-order valence-electron chi connectivity index (χ0n) is 20.6. The fraction of sp³-hybridized carbons (Fsp3) is 0.276. The predicted molar refractivity (Wildman–Crippen MR) is 140 cm³/mol. The molecular formula is C29H31N3O4. The standard InChI is InChI=1S/C29H31N3O4/c1-3-21-8-10-24(11-9-21)31-27(33)19-36-26-14-12-25(13-15-26)32-18-23(16-28(32)34)29(35)30-17-22-6-4-20(2)5-7-22/h4-15,23H,3,16-19H2,1-2H3,(H,30,35)(H,31,33)/t23-/m0/s1. The van der Waals surface area contributed by atoms with Crippen LogP contribution in [0.15, 0.2) is 72.8 Å². The molecule has 1 saturated heterocycles. The Balaban J connectivity index is 1.25. The SMILES string of the molecule is CCc1ccc(NC(=O)COc2ccc(N3C[C@@H](C(=O)NCc4ccc(C)cc4)CC3=O)cc2)cc1. The number of nitrogens with one attached hydrogen (secondary N) is 2. The van der Waals surface area contributed by atoms with Crippen LogP contribution in [0.25, 0.3) is 0 Å². The van der Waals surface area contributed by atoms with Gasteiger partial charge in [-0.05, 0) is 60.9 Å². The lowest BCUT2D eigenvalue weighted by Gasteiger charge is -2.17. The monoisotopic (exact) mass is 485 g/mol. The second-order valence-electron chi connectivity index (χ2n) is 8.99. The van der Waals surface area contributed by atoms with Crippen LogP contribution in [-0.4, -0.2) is 30.9 Å². The van der Waals surface area contributed by atoms with E-state index >= 15 is 0 Å². The van der Waals surface area contributed by atoms with Gasteiger partial charge in [0.05, 0.1) is 5.92 Å². The minimum absolute atomic E-state index is 0.0902. The van der Waals surface area contributed by atoms with Crippen molar-refractivity contribution in [2.75, 3.05) is 23.4 Å². The molecule has 186 valence electrons. The lowest BCUT2D eigenvalue weighted by atomic mass is 10.1. The quantitative estimate of drug-likeness (QED) is 0.475. The van der Waals surface area contributed by atoms with E-state index in [4.69, 9.17) is 4.74 Å². The van der Waals surface area contributed by atoms with E-state index in [-0.39, 0.29) is 30.7 Å². The molecule has 1 heterocycles. The second kappa shape index (κ2) is 11.5. The van der Waals surface area contributed by atoms with E-state index in [1.54, 1.807) is 29.2 Å². The van der Waals surface area contributed by atoms with Crippen LogP contribution in [0.3, 0.4) is 0 Å². The Kier molecular flexibility index (Phi) is 8.00. The van der Waals surface area contributed by atoms with Crippen LogP contribution in [-0.2, 0) is 27.3 Å². The minimum atomic E-state index is -0.394. The van der Waals surface area contributed by atoms with Crippen LogP contribution in [0.5, 0.6) is 5.75 Å². The number of anilines is 2. The summed E-state index contributed by atoms with van der Waals surface area (Å²) in [6.07, 6.45) is 1.12. The molecule has 0 aromatic heterocycles. The lowest BCUT2D eigenvalue weighted by molar-refractivity contribution is -0.126. The highest BCUT2D eigenvalue weighted by Crippen LogP contribution is 2.27. The molecule has 0 unspecified atom stereocenters. The summed E-state index contributed by atoms with van der Waals surface area (Å²) >= 11 is 0. The number of carbonyl (C=O) groups is 3. The topological polar surface area (TPSA) is 87.7 Å². The van der Waals surface area contributed by atoms with Gasteiger partial charge in [-0.25, -0.2) is 0 Å². The molecule has 4 rings (SSSR count). The van der Waals surface area contributed by atoms with E-state index in [0.717, 1.165) is 17.7 Å². The summed E-state index contributed by atoms with van der Waals surface area (Å²) in [6.45, 7) is 4.74. The molecule has 0 bridgehead atoms. The van der Waals surface area contributed by atoms with Crippen molar-refractivity contribution >= 4 is 29.1 Å². The average molecular weight is 486 g/mol. The highest BCUT2D eigenvalue weighted by Gasteiger charge is 2.35. The predicted octanol–water partition coefficient (Wildman–Crippen LogP) is 4.24. The van der Waals surface area contributed by atoms with Gasteiger partial charge in [0.25, 0.3) is 5.91 Å². The molecule has 3 amide bonds. The van der Waals surface area contributed by atoms with Gasteiger partial charge in [0.1, 0.15) is 5.75 Å². The molecule has 1 fully saturated rings. The Morgan fingerprint density at radius 1 is 0.944 bits per heavy atom. The molecule has 1 aliphatic heterocycles. The third kappa shape index (κ3) is 6.50. The Morgan fingerprint density at radius 2 is 1.61 bits per heavy atom. The third-order valence-electron chi connectivity index (χ3n) is 6.25. The summed E-state index contributed by atoms with van der Waals surface area (Å²) in [7, 11) is 0. The van der Waals surface area contributed by atoms with Gasteiger partial charge in [-0.2, -0.15) is 0 Å². The van der Waals surface area contributed by atoms with Crippen molar-refractivity contribution in [3.05, 3.63) is 89.5 Å². The van der Waals surface area contributed by atoms with Gasteiger partial charge in [0, 0.05) is 30.9 Å². The van der Waals surface area contributed by atoms with Crippen molar-refractivity contribution in [1.29, 1.82) is 0 Å². The van der Waals surface area contributed by atoms with E-state index in [9.17, 15) is 14.4 Å². The summed E-state index contributed by atoms with van der Waals surface area (Å²) in [6, 6.07) is 22.6. The maximum Gasteiger partial charge on any atom is 0.262 e. The van der Waals surface area contributed by atoms with E-state index < -0.39 is 5.92 Å². The van der Waals surface area contributed by atoms with Gasteiger partial charge in [-0.1, -0.05) is 48.9 Å². The van der Waals surface area contributed by atoms with Crippen molar-refractivity contribution in [3.8, 4) is 5.75 Å². The zero-order valence-corrected chi connectivity index (χ0v) is 20.6. The first-order valence-corrected chi connectivity index (χ1v) is 12.2. The molecule has 7 nitrogen and oxygen atoms in total. The molecule has 0 saturated carbocycles.